The number of nitrogens with one attached hydrogen (secondary N) is 1. The molecule has 0 aliphatic carbocycles. The molecule has 0 unspecified atom stereocenters. The molecule has 0 atom stereocenters. The van der Waals surface area contributed by atoms with Crippen LogP contribution < -0.4 is 10.8 Å². The fourth-order valence-corrected chi connectivity index (χ4v) is 1.96. The molecule has 6 heteroatoms. The topological polar surface area (TPSA) is 69.6 Å². The van der Waals surface area contributed by atoms with E-state index in [1.165, 1.54) is 6.07 Å². The van der Waals surface area contributed by atoms with E-state index in [0.29, 0.717) is 5.69 Å². The van der Waals surface area contributed by atoms with Gasteiger partial charge in [0.05, 0.1) is 0 Å². The monoisotopic (exact) mass is 287 g/mol. The molecule has 0 heterocycles. The van der Waals surface area contributed by atoms with Crippen molar-refractivity contribution < 1.29 is 19.2 Å². The van der Waals surface area contributed by atoms with Crippen molar-refractivity contribution in [3.05, 3.63) is 58.9 Å². The fourth-order valence-electron chi connectivity index (χ4n) is 1.96. The summed E-state index contributed by atoms with van der Waals surface area (Å²) in [6.45, 7) is 3.82. The lowest BCUT2D eigenvalue weighted by Crippen LogP contribution is -2.33. The molecule has 2 aromatic rings. The van der Waals surface area contributed by atoms with E-state index in [0.717, 1.165) is 23.3 Å². The number of halogens is 1. The average molecular weight is 287 g/mol. The summed E-state index contributed by atoms with van der Waals surface area (Å²) >= 11 is 0. The van der Waals surface area contributed by atoms with Crippen molar-refractivity contribution in [3.63, 3.8) is 0 Å². The second-order valence-electron chi connectivity index (χ2n) is 4.81. The van der Waals surface area contributed by atoms with E-state index < -0.39 is 18.8 Å². The van der Waals surface area contributed by atoms with Crippen molar-refractivity contribution in [2.75, 3.05) is 5.32 Å². The third-order valence-corrected chi connectivity index (χ3v) is 3.39. The van der Waals surface area contributed by atoms with Gasteiger partial charge in [0.2, 0.25) is 0 Å². The summed E-state index contributed by atoms with van der Waals surface area (Å²) in [7, 11) is -1.96. The molecule has 3 N–H and O–H groups in total. The SMILES string of the molecule is Cc1cccc(NC(=O)c2ccc(F)c(B(O)O)c2)c1C. The number of hydrogen-bond donors (Lipinski definition) is 3. The Hall–Kier alpha value is -2.18. The van der Waals surface area contributed by atoms with E-state index in [1.54, 1.807) is 6.07 Å². The van der Waals surface area contributed by atoms with Crippen LogP contribution in [0.5, 0.6) is 0 Å². The minimum Gasteiger partial charge on any atom is -0.423 e. The van der Waals surface area contributed by atoms with E-state index in [2.05, 4.69) is 5.32 Å². The Bertz CT molecular complexity index is 689. The molecule has 2 rings (SSSR count). The van der Waals surface area contributed by atoms with Crippen LogP contribution in [-0.4, -0.2) is 23.1 Å². The van der Waals surface area contributed by atoms with Gasteiger partial charge in [0, 0.05) is 16.7 Å². The van der Waals surface area contributed by atoms with Gasteiger partial charge in [-0.2, -0.15) is 0 Å². The number of benzene rings is 2. The smallest absolute Gasteiger partial charge is 0.423 e. The average Bonchev–Trinajstić information content (AvgIpc) is 2.44. The Morgan fingerprint density at radius 2 is 1.90 bits per heavy atom. The predicted octanol–water partition coefficient (Wildman–Crippen LogP) is 1.37. The van der Waals surface area contributed by atoms with Crippen LogP contribution in [0.4, 0.5) is 10.1 Å². The first-order chi connectivity index (χ1) is 9.90. The number of carbonyl (C=O) groups excluding carboxylic acids is 1. The fraction of sp³-hybridized carbons (Fsp3) is 0.133. The maximum absolute atomic E-state index is 13.4. The summed E-state index contributed by atoms with van der Waals surface area (Å²) in [5.74, 6) is -1.21. The standard InChI is InChI=1S/C15H15BFNO3/c1-9-4-3-5-14(10(9)2)18-15(19)11-6-7-13(17)12(8-11)16(20)21/h3-8,20-21H,1-2H3,(H,18,19). The van der Waals surface area contributed by atoms with Gasteiger partial charge in [0.25, 0.3) is 5.91 Å². The lowest BCUT2D eigenvalue weighted by Gasteiger charge is -2.11. The molecule has 0 spiro atoms. The van der Waals surface area contributed by atoms with E-state index in [9.17, 15) is 9.18 Å². The van der Waals surface area contributed by atoms with Crippen LogP contribution in [0.3, 0.4) is 0 Å². The van der Waals surface area contributed by atoms with Gasteiger partial charge in [0.1, 0.15) is 5.82 Å². The Balaban J connectivity index is 2.29. The van der Waals surface area contributed by atoms with Crippen LogP contribution in [0.1, 0.15) is 21.5 Å². The first-order valence-corrected chi connectivity index (χ1v) is 6.43. The Morgan fingerprint density at radius 1 is 1.19 bits per heavy atom. The Labute approximate surface area is 122 Å². The lowest BCUT2D eigenvalue weighted by molar-refractivity contribution is 0.102. The van der Waals surface area contributed by atoms with Crippen LogP contribution in [0.15, 0.2) is 36.4 Å². The highest BCUT2D eigenvalue weighted by molar-refractivity contribution is 6.58. The second kappa shape index (κ2) is 6.07. The van der Waals surface area contributed by atoms with Gasteiger partial charge in [-0.15, -0.1) is 0 Å². The summed E-state index contributed by atoms with van der Waals surface area (Å²) in [4.78, 5) is 12.2. The highest BCUT2D eigenvalue weighted by atomic mass is 19.1. The Morgan fingerprint density at radius 3 is 2.57 bits per heavy atom. The molecule has 4 nitrogen and oxygen atoms in total. The lowest BCUT2D eigenvalue weighted by atomic mass is 9.79. The quantitative estimate of drug-likeness (QED) is 0.747. The number of hydrogen-bond acceptors (Lipinski definition) is 3. The largest absolute Gasteiger partial charge is 0.491 e. The first kappa shape index (κ1) is 15.2. The molecule has 21 heavy (non-hydrogen) atoms. The van der Waals surface area contributed by atoms with Crippen LogP contribution in [-0.2, 0) is 0 Å². The van der Waals surface area contributed by atoms with Crippen molar-refractivity contribution >= 4 is 24.2 Å². The molecule has 0 bridgehead atoms. The number of amides is 1. The molecule has 0 saturated carbocycles. The second-order valence-corrected chi connectivity index (χ2v) is 4.81. The number of anilines is 1. The van der Waals surface area contributed by atoms with Gasteiger partial charge in [-0.05, 0) is 49.2 Å². The van der Waals surface area contributed by atoms with E-state index >= 15 is 0 Å². The minimum atomic E-state index is -1.96. The van der Waals surface area contributed by atoms with Crippen molar-refractivity contribution in [2.24, 2.45) is 0 Å². The predicted molar refractivity (Wildman–Crippen MR) is 80.1 cm³/mol. The summed E-state index contributed by atoms with van der Waals surface area (Å²) < 4.78 is 13.4. The maximum atomic E-state index is 13.4. The zero-order chi connectivity index (χ0) is 15.6. The molecule has 1 amide bonds. The first-order valence-electron chi connectivity index (χ1n) is 6.43. The van der Waals surface area contributed by atoms with E-state index in [1.807, 2.05) is 26.0 Å². The Kier molecular flexibility index (Phi) is 4.40. The maximum Gasteiger partial charge on any atom is 0.491 e. The third-order valence-electron chi connectivity index (χ3n) is 3.39. The number of carbonyl (C=O) groups is 1. The molecule has 0 aromatic heterocycles. The molecule has 0 radical (unpaired) electrons. The van der Waals surface area contributed by atoms with Crippen LogP contribution in [0.25, 0.3) is 0 Å². The molecular weight excluding hydrogens is 272 g/mol. The van der Waals surface area contributed by atoms with Crippen molar-refractivity contribution in [3.8, 4) is 0 Å². The zero-order valence-electron chi connectivity index (χ0n) is 11.7. The van der Waals surface area contributed by atoms with Gasteiger partial charge < -0.3 is 15.4 Å². The van der Waals surface area contributed by atoms with Gasteiger partial charge in [0.15, 0.2) is 0 Å². The summed E-state index contributed by atoms with van der Waals surface area (Å²) in [5, 5.41) is 20.9. The molecule has 0 fully saturated rings. The van der Waals surface area contributed by atoms with Crippen LogP contribution >= 0.6 is 0 Å². The molecule has 0 aliphatic heterocycles. The van der Waals surface area contributed by atoms with Gasteiger partial charge in [-0.1, -0.05) is 12.1 Å². The van der Waals surface area contributed by atoms with Crippen molar-refractivity contribution in [1.29, 1.82) is 0 Å². The summed E-state index contributed by atoms with van der Waals surface area (Å²) in [6.07, 6.45) is 0. The number of aryl methyl sites for hydroxylation is 1. The van der Waals surface area contributed by atoms with Crippen LogP contribution in [0.2, 0.25) is 0 Å². The normalized spacial score (nSPS) is 10.3. The van der Waals surface area contributed by atoms with Crippen molar-refractivity contribution in [2.45, 2.75) is 13.8 Å². The molecular formula is C15H15BFNO3. The molecule has 0 aliphatic rings. The van der Waals surface area contributed by atoms with E-state index in [-0.39, 0.29) is 11.0 Å². The van der Waals surface area contributed by atoms with Gasteiger partial charge in [-0.3, -0.25) is 4.79 Å². The molecule has 108 valence electrons. The van der Waals surface area contributed by atoms with Gasteiger partial charge in [-0.25, -0.2) is 4.39 Å². The highest BCUT2D eigenvalue weighted by Crippen LogP contribution is 2.18. The third kappa shape index (κ3) is 3.29. The molecule has 2 aromatic carbocycles. The van der Waals surface area contributed by atoms with Gasteiger partial charge >= 0.3 is 7.12 Å². The van der Waals surface area contributed by atoms with Crippen molar-refractivity contribution in [1.82, 2.24) is 0 Å². The highest BCUT2D eigenvalue weighted by Gasteiger charge is 2.19. The van der Waals surface area contributed by atoms with E-state index in [4.69, 9.17) is 10.0 Å². The summed E-state index contributed by atoms with van der Waals surface area (Å²) in [6, 6.07) is 8.98. The minimum absolute atomic E-state index is 0.153. The van der Waals surface area contributed by atoms with Crippen LogP contribution in [0, 0.1) is 19.7 Å². The zero-order valence-corrected chi connectivity index (χ0v) is 11.7. The number of rotatable bonds is 3. The molecule has 0 saturated heterocycles. The summed E-state index contributed by atoms with van der Waals surface area (Å²) in [5.41, 5.74) is 2.47.